The number of carbonyl (C=O) groups excluding carboxylic acids is 1. The van der Waals surface area contributed by atoms with Gasteiger partial charge in [-0.05, 0) is 73.9 Å². The van der Waals surface area contributed by atoms with Gasteiger partial charge in [-0.25, -0.2) is 18.0 Å². The molecule has 1 unspecified atom stereocenters. The van der Waals surface area contributed by atoms with E-state index in [0.29, 0.717) is 34.0 Å². The predicted octanol–water partition coefficient (Wildman–Crippen LogP) is 4.19. The maximum Gasteiger partial charge on any atom is 0.261 e. The quantitative estimate of drug-likeness (QED) is 0.413. The van der Waals surface area contributed by atoms with E-state index in [9.17, 15) is 27.4 Å². The number of halogens is 2. The molecule has 1 aliphatic carbocycles. The Balaban J connectivity index is 1.41. The summed E-state index contributed by atoms with van der Waals surface area (Å²) >= 11 is -2.34. The summed E-state index contributed by atoms with van der Waals surface area (Å²) in [5, 5.41) is 12.3. The van der Waals surface area contributed by atoms with Crippen LogP contribution in [0.5, 0.6) is 0 Å². The minimum Gasteiger partial charge on any atom is -0.394 e. The topological polar surface area (TPSA) is 109 Å². The van der Waals surface area contributed by atoms with Crippen molar-refractivity contribution in [3.63, 3.8) is 0 Å². The first-order chi connectivity index (χ1) is 18.6. The highest BCUT2D eigenvalue weighted by Crippen LogP contribution is 2.54. The number of hydrogen-bond donors (Lipinski definition) is 3. The zero-order valence-corrected chi connectivity index (χ0v) is 22.9. The van der Waals surface area contributed by atoms with E-state index in [1.807, 2.05) is 17.9 Å². The number of aromatic nitrogens is 1. The fourth-order valence-electron chi connectivity index (χ4n) is 5.54. The molecule has 1 spiro atoms. The molecule has 2 aromatic rings. The van der Waals surface area contributed by atoms with Crippen LogP contribution in [0, 0.1) is 12.3 Å². The van der Waals surface area contributed by atoms with Crippen molar-refractivity contribution in [2.24, 2.45) is 5.41 Å². The second kappa shape index (κ2) is 11.0. The molecule has 9 nitrogen and oxygen atoms in total. The van der Waals surface area contributed by atoms with Gasteiger partial charge in [0.1, 0.15) is 11.6 Å². The molecule has 5 rings (SSSR count). The Morgan fingerprint density at radius 1 is 1.05 bits per heavy atom. The second-order valence-electron chi connectivity index (χ2n) is 10.9. The van der Waals surface area contributed by atoms with Gasteiger partial charge in [-0.2, -0.15) is 0 Å². The molecule has 3 aliphatic rings. The van der Waals surface area contributed by atoms with Gasteiger partial charge in [0.15, 0.2) is 0 Å². The van der Waals surface area contributed by atoms with Gasteiger partial charge in [-0.15, -0.1) is 0 Å². The smallest absolute Gasteiger partial charge is 0.261 e. The van der Waals surface area contributed by atoms with E-state index in [1.54, 1.807) is 24.3 Å². The Morgan fingerprint density at radius 3 is 2.33 bits per heavy atom. The highest BCUT2D eigenvalue weighted by Gasteiger charge is 2.44. The number of hydrogen-bond acceptors (Lipinski definition) is 6. The third-order valence-electron chi connectivity index (χ3n) is 8.14. The number of aliphatic hydroxyl groups is 1. The molecule has 1 aromatic carbocycles. The average molecular weight is 564 g/mol. The third kappa shape index (κ3) is 6.33. The predicted molar refractivity (Wildman–Crippen MR) is 148 cm³/mol. The van der Waals surface area contributed by atoms with E-state index < -0.39 is 17.2 Å². The van der Waals surface area contributed by atoms with Gasteiger partial charge in [0, 0.05) is 39.0 Å². The van der Waals surface area contributed by atoms with E-state index in [4.69, 9.17) is 0 Å². The number of nitrogens with zero attached hydrogens (tertiary/aromatic N) is 4. The number of piperidine rings is 2. The van der Waals surface area contributed by atoms with Gasteiger partial charge in [0.2, 0.25) is 0 Å². The van der Waals surface area contributed by atoms with Crippen LogP contribution in [0.4, 0.5) is 31.8 Å². The molecule has 0 bridgehead atoms. The maximum atomic E-state index is 13.7. The largest absolute Gasteiger partial charge is 0.394 e. The van der Waals surface area contributed by atoms with Crippen LogP contribution in [0.2, 0.25) is 0 Å². The Kier molecular flexibility index (Phi) is 7.80. The van der Waals surface area contributed by atoms with E-state index in [1.165, 1.54) is 17.1 Å². The molecule has 2 aliphatic heterocycles. The van der Waals surface area contributed by atoms with Crippen molar-refractivity contribution >= 4 is 40.2 Å². The highest BCUT2D eigenvalue weighted by molar-refractivity contribution is 7.80. The summed E-state index contributed by atoms with van der Waals surface area (Å²) in [7, 11) is 0. The number of carbonyl (C=O) groups is 1. The summed E-state index contributed by atoms with van der Waals surface area (Å²) in [4.78, 5) is 22.1. The van der Waals surface area contributed by atoms with Crippen LogP contribution in [0.25, 0.3) is 0 Å². The zero-order valence-electron chi connectivity index (χ0n) is 22.0. The maximum absolute atomic E-state index is 13.7. The minimum absolute atomic E-state index is 0.0321. The van der Waals surface area contributed by atoms with Gasteiger partial charge >= 0.3 is 0 Å². The first kappa shape index (κ1) is 27.7. The summed E-state index contributed by atoms with van der Waals surface area (Å²) in [5.41, 5.74) is 2.76. The van der Waals surface area contributed by atoms with E-state index in [0.717, 1.165) is 31.5 Å². The fraction of sp³-hybridized carbons (Fsp3) is 0.556. The molecule has 1 saturated carbocycles. The Hall–Kier alpha value is -2.83. The molecule has 3 fully saturated rings. The molecule has 3 N–H and O–H groups in total. The fourth-order valence-corrected chi connectivity index (χ4v) is 6.07. The number of alkyl halides is 2. The number of aliphatic hydroxyl groups excluding tert-OH is 1. The van der Waals surface area contributed by atoms with Crippen molar-refractivity contribution in [1.82, 2.24) is 4.98 Å². The van der Waals surface area contributed by atoms with E-state index in [-0.39, 0.29) is 45.0 Å². The zero-order chi connectivity index (χ0) is 27.8. The summed E-state index contributed by atoms with van der Waals surface area (Å²) in [5.74, 6) is -2.16. The summed E-state index contributed by atoms with van der Waals surface area (Å²) < 4.78 is 50.2. The molecular weight excluding hydrogens is 528 g/mol. The molecule has 1 amide bonds. The summed E-state index contributed by atoms with van der Waals surface area (Å²) in [6, 6.07) is 8.52. The van der Waals surface area contributed by atoms with Gasteiger partial charge < -0.3 is 20.2 Å². The molecule has 212 valence electrons. The molecule has 3 heterocycles. The van der Waals surface area contributed by atoms with Crippen LogP contribution in [-0.2, 0) is 11.3 Å². The van der Waals surface area contributed by atoms with Crippen molar-refractivity contribution in [3.8, 4) is 0 Å². The molecule has 12 heteroatoms. The normalized spacial score (nSPS) is 20.5. The van der Waals surface area contributed by atoms with Crippen molar-refractivity contribution in [2.75, 3.05) is 58.8 Å². The first-order valence-electron chi connectivity index (χ1n) is 13.4. The lowest BCUT2D eigenvalue weighted by molar-refractivity contribution is -0.0221. The van der Waals surface area contributed by atoms with E-state index >= 15 is 0 Å². The summed E-state index contributed by atoms with van der Waals surface area (Å²) in [6.45, 7) is 3.47. The van der Waals surface area contributed by atoms with Gasteiger partial charge in [0.25, 0.3) is 23.1 Å². The number of aryl methyl sites for hydroxylation is 1. The average Bonchev–Trinajstić information content (AvgIpc) is 3.65. The van der Waals surface area contributed by atoms with Crippen molar-refractivity contribution in [2.45, 2.75) is 51.4 Å². The molecule has 2 saturated heterocycles. The number of amides is 1. The molecule has 1 atom stereocenters. The summed E-state index contributed by atoms with van der Waals surface area (Å²) in [6.07, 6.45) is 4.06. The lowest BCUT2D eigenvalue weighted by Crippen LogP contribution is -2.39. The highest BCUT2D eigenvalue weighted by atomic mass is 32.2. The monoisotopic (exact) mass is 563 g/mol. The SMILES string of the molecule is Cc1cc(NC(=O)c2ccc(N(CCO)S(=O)O)cc2N2CCC3(CC2)CC3)nc(N2CCC(F)(F)CC2)c1. The Morgan fingerprint density at radius 2 is 1.72 bits per heavy atom. The number of benzene rings is 1. The van der Waals surface area contributed by atoms with Crippen LogP contribution in [0.15, 0.2) is 30.3 Å². The van der Waals surface area contributed by atoms with Crippen molar-refractivity contribution in [3.05, 3.63) is 41.5 Å². The minimum atomic E-state index is -2.66. The van der Waals surface area contributed by atoms with Crippen LogP contribution in [-0.4, -0.2) is 70.0 Å². The standard InChI is InChI=1S/C27H35F2N5O4S/c1-19-16-23(30-24(17-19)33-12-8-27(28,29)9-13-33)31-25(36)21-3-2-20(34(14-15-35)39(37)38)18-22(21)32-10-6-26(4-5-26)7-11-32/h2-3,16-18,35H,4-15H2,1H3,(H,37,38)(H,30,31,36). The first-order valence-corrected chi connectivity index (χ1v) is 14.5. The Labute approximate surface area is 229 Å². The molecule has 0 radical (unpaired) electrons. The van der Waals surface area contributed by atoms with Crippen LogP contribution < -0.4 is 19.4 Å². The second-order valence-corrected chi connectivity index (χ2v) is 11.8. The Bertz CT molecular complexity index is 1240. The number of nitrogens with one attached hydrogen (secondary N) is 1. The number of rotatable bonds is 8. The van der Waals surface area contributed by atoms with Crippen molar-refractivity contribution < 1.29 is 27.4 Å². The lowest BCUT2D eigenvalue weighted by atomic mass is 9.93. The molecule has 1 aromatic heterocycles. The van der Waals surface area contributed by atoms with Gasteiger partial charge in [-0.3, -0.25) is 13.7 Å². The van der Waals surface area contributed by atoms with Gasteiger partial charge in [-0.1, -0.05) is 0 Å². The number of pyridine rings is 1. The van der Waals surface area contributed by atoms with Crippen LogP contribution >= 0.6 is 0 Å². The van der Waals surface area contributed by atoms with Crippen molar-refractivity contribution in [1.29, 1.82) is 0 Å². The third-order valence-corrected chi connectivity index (χ3v) is 8.91. The lowest BCUT2D eigenvalue weighted by Gasteiger charge is -2.35. The number of anilines is 4. The van der Waals surface area contributed by atoms with Gasteiger partial charge in [0.05, 0.1) is 30.1 Å². The molecule has 39 heavy (non-hydrogen) atoms. The van der Waals surface area contributed by atoms with Crippen LogP contribution in [0.1, 0.15) is 54.4 Å². The van der Waals surface area contributed by atoms with Crippen LogP contribution in [0.3, 0.4) is 0 Å². The molecular formula is C27H35F2N5O4S. The van der Waals surface area contributed by atoms with E-state index in [2.05, 4.69) is 15.2 Å².